The van der Waals surface area contributed by atoms with Gasteiger partial charge >= 0.3 is 5.97 Å². The maximum absolute atomic E-state index is 12.4. The first-order chi connectivity index (χ1) is 10.7. The lowest BCUT2D eigenvalue weighted by atomic mass is 10.1. The van der Waals surface area contributed by atoms with E-state index in [2.05, 4.69) is 4.74 Å². The molecule has 0 spiro atoms. The summed E-state index contributed by atoms with van der Waals surface area (Å²) in [6.45, 7) is 2.01. The molecular formula is C15H19NO6. The molecule has 0 saturated carbocycles. The van der Waals surface area contributed by atoms with Gasteiger partial charge in [0.05, 0.1) is 27.4 Å². The second-order valence-electron chi connectivity index (χ2n) is 4.64. The Balaban J connectivity index is 2.10. The molecule has 1 fully saturated rings. The van der Waals surface area contributed by atoms with Gasteiger partial charge in [-0.05, 0) is 18.2 Å². The molecule has 1 aliphatic heterocycles. The number of esters is 1. The number of hydrogen-bond donors (Lipinski definition) is 0. The number of methoxy groups -OCH3 is 2. The first-order valence-corrected chi connectivity index (χ1v) is 6.90. The van der Waals surface area contributed by atoms with Crippen LogP contribution in [0.4, 0.5) is 0 Å². The average Bonchev–Trinajstić information content (AvgIpc) is 2.59. The van der Waals surface area contributed by atoms with Gasteiger partial charge in [-0.15, -0.1) is 0 Å². The Morgan fingerprint density at radius 2 is 1.91 bits per heavy atom. The number of hydrogen-bond acceptors (Lipinski definition) is 6. The van der Waals surface area contributed by atoms with Gasteiger partial charge in [-0.3, -0.25) is 4.79 Å². The van der Waals surface area contributed by atoms with Crippen molar-refractivity contribution in [3.05, 3.63) is 23.8 Å². The van der Waals surface area contributed by atoms with Gasteiger partial charge in [0.2, 0.25) is 0 Å². The fraction of sp³-hybridized carbons (Fsp3) is 0.467. The van der Waals surface area contributed by atoms with E-state index in [1.54, 1.807) is 23.1 Å². The number of carbonyl (C=O) groups is 2. The molecule has 1 aromatic rings. The van der Waals surface area contributed by atoms with Crippen LogP contribution in [0.5, 0.6) is 11.5 Å². The largest absolute Gasteiger partial charge is 0.493 e. The molecule has 0 radical (unpaired) electrons. The zero-order chi connectivity index (χ0) is 15.9. The highest BCUT2D eigenvalue weighted by molar-refractivity contribution is 5.95. The summed E-state index contributed by atoms with van der Waals surface area (Å²) < 4.78 is 20.3. The Bertz CT molecular complexity index is 539. The molecule has 120 valence electrons. The Kier molecular flexibility index (Phi) is 5.60. The van der Waals surface area contributed by atoms with Gasteiger partial charge < -0.3 is 23.8 Å². The summed E-state index contributed by atoms with van der Waals surface area (Å²) in [7, 11) is 2.76. The van der Waals surface area contributed by atoms with Crippen molar-refractivity contribution in [2.45, 2.75) is 0 Å². The van der Waals surface area contributed by atoms with Gasteiger partial charge in [-0.25, -0.2) is 4.79 Å². The molecular weight excluding hydrogens is 290 g/mol. The van der Waals surface area contributed by atoms with Crippen molar-refractivity contribution >= 4 is 11.9 Å². The van der Waals surface area contributed by atoms with Gasteiger partial charge in [-0.2, -0.15) is 0 Å². The normalized spacial score (nSPS) is 14.4. The van der Waals surface area contributed by atoms with E-state index in [0.717, 1.165) is 0 Å². The average molecular weight is 309 g/mol. The molecule has 1 heterocycles. The summed E-state index contributed by atoms with van der Waals surface area (Å²) in [5.41, 5.74) is 0.504. The minimum atomic E-state index is -0.490. The van der Waals surface area contributed by atoms with Crippen LogP contribution in [0, 0.1) is 0 Å². The summed E-state index contributed by atoms with van der Waals surface area (Å²) in [4.78, 5) is 25.2. The molecule has 0 bridgehead atoms. The number of morpholine rings is 1. The molecule has 7 heteroatoms. The first-order valence-electron chi connectivity index (χ1n) is 6.90. The second-order valence-corrected chi connectivity index (χ2v) is 4.64. The third-order valence-corrected chi connectivity index (χ3v) is 3.28. The number of benzene rings is 1. The lowest BCUT2D eigenvalue weighted by Crippen LogP contribution is -2.40. The number of amides is 1. The van der Waals surface area contributed by atoms with Gasteiger partial charge in [-0.1, -0.05) is 0 Å². The molecule has 0 atom stereocenters. The fourth-order valence-corrected chi connectivity index (χ4v) is 2.06. The quantitative estimate of drug-likeness (QED) is 0.746. The zero-order valence-corrected chi connectivity index (χ0v) is 12.7. The third-order valence-electron chi connectivity index (χ3n) is 3.28. The van der Waals surface area contributed by atoms with Crippen molar-refractivity contribution < 1.29 is 28.5 Å². The minimum absolute atomic E-state index is 0.0823. The number of nitrogens with zero attached hydrogens (tertiary/aromatic N) is 1. The van der Waals surface area contributed by atoms with Gasteiger partial charge in [0.25, 0.3) is 5.91 Å². The monoisotopic (exact) mass is 309 g/mol. The molecule has 1 saturated heterocycles. The Morgan fingerprint density at radius 1 is 1.18 bits per heavy atom. The van der Waals surface area contributed by atoms with Crippen molar-refractivity contribution in [2.75, 3.05) is 47.1 Å². The third kappa shape index (κ3) is 3.88. The molecule has 0 N–H and O–H groups in total. The number of rotatable bonds is 5. The molecule has 2 rings (SSSR count). The fourth-order valence-electron chi connectivity index (χ4n) is 2.06. The standard InChI is InChI=1S/C15H19NO6/c1-19-13-9-11(15(18)16-5-7-21-8-6-16)3-4-12(13)22-10-14(17)20-2/h3-4,9H,5-8,10H2,1-2H3. The molecule has 1 aliphatic rings. The molecule has 7 nitrogen and oxygen atoms in total. The lowest BCUT2D eigenvalue weighted by molar-refractivity contribution is -0.142. The maximum Gasteiger partial charge on any atom is 0.343 e. The molecule has 0 aliphatic carbocycles. The zero-order valence-electron chi connectivity index (χ0n) is 12.7. The van der Waals surface area contributed by atoms with E-state index in [1.807, 2.05) is 0 Å². The van der Waals surface area contributed by atoms with Gasteiger partial charge in [0.15, 0.2) is 18.1 Å². The Hall–Kier alpha value is -2.28. The number of ether oxygens (including phenoxy) is 4. The summed E-state index contributed by atoms with van der Waals surface area (Å²) in [5.74, 6) is 0.200. The van der Waals surface area contributed by atoms with Crippen molar-refractivity contribution in [3.63, 3.8) is 0 Å². The van der Waals surface area contributed by atoms with Crippen LogP contribution >= 0.6 is 0 Å². The van der Waals surface area contributed by atoms with E-state index in [-0.39, 0.29) is 12.5 Å². The topological polar surface area (TPSA) is 74.3 Å². The van der Waals surface area contributed by atoms with Crippen molar-refractivity contribution in [3.8, 4) is 11.5 Å². The highest BCUT2D eigenvalue weighted by Gasteiger charge is 2.20. The van der Waals surface area contributed by atoms with Crippen LogP contribution in [0.15, 0.2) is 18.2 Å². The summed E-state index contributed by atoms with van der Waals surface area (Å²) >= 11 is 0. The van der Waals surface area contributed by atoms with Crippen LogP contribution in [-0.2, 0) is 14.3 Å². The Morgan fingerprint density at radius 3 is 2.55 bits per heavy atom. The highest BCUT2D eigenvalue weighted by atomic mass is 16.6. The molecule has 1 amide bonds. The molecule has 0 unspecified atom stereocenters. The molecule has 1 aromatic carbocycles. The van der Waals surface area contributed by atoms with E-state index in [0.29, 0.717) is 43.4 Å². The van der Waals surface area contributed by atoms with Crippen LogP contribution < -0.4 is 9.47 Å². The van der Waals surface area contributed by atoms with Gasteiger partial charge in [0, 0.05) is 18.7 Å². The molecule has 0 aromatic heterocycles. The number of carbonyl (C=O) groups excluding carboxylic acids is 2. The van der Waals surface area contributed by atoms with Crippen molar-refractivity contribution in [1.82, 2.24) is 4.90 Å². The van der Waals surface area contributed by atoms with E-state index in [1.165, 1.54) is 14.2 Å². The smallest absolute Gasteiger partial charge is 0.343 e. The SMILES string of the molecule is COC(=O)COc1ccc(C(=O)N2CCOCC2)cc1OC. The van der Waals surface area contributed by atoms with Crippen LogP contribution in [0.1, 0.15) is 10.4 Å². The van der Waals surface area contributed by atoms with E-state index < -0.39 is 5.97 Å². The van der Waals surface area contributed by atoms with E-state index in [9.17, 15) is 9.59 Å². The highest BCUT2D eigenvalue weighted by Crippen LogP contribution is 2.28. The van der Waals surface area contributed by atoms with E-state index in [4.69, 9.17) is 14.2 Å². The maximum atomic E-state index is 12.4. The predicted octanol–water partition coefficient (Wildman–Crippen LogP) is 0.719. The summed E-state index contributed by atoms with van der Waals surface area (Å²) in [6, 6.07) is 4.85. The second kappa shape index (κ2) is 7.65. The summed E-state index contributed by atoms with van der Waals surface area (Å²) in [6.07, 6.45) is 0. The van der Waals surface area contributed by atoms with Gasteiger partial charge in [0.1, 0.15) is 0 Å². The van der Waals surface area contributed by atoms with Crippen molar-refractivity contribution in [2.24, 2.45) is 0 Å². The lowest BCUT2D eigenvalue weighted by Gasteiger charge is -2.27. The van der Waals surface area contributed by atoms with E-state index >= 15 is 0 Å². The summed E-state index contributed by atoms with van der Waals surface area (Å²) in [5, 5.41) is 0. The first kappa shape index (κ1) is 16.1. The van der Waals surface area contributed by atoms with Crippen LogP contribution in [0.3, 0.4) is 0 Å². The van der Waals surface area contributed by atoms with Crippen LogP contribution in [0.25, 0.3) is 0 Å². The van der Waals surface area contributed by atoms with Crippen LogP contribution in [-0.4, -0.2) is 63.9 Å². The minimum Gasteiger partial charge on any atom is -0.493 e. The predicted molar refractivity (Wildman–Crippen MR) is 77.2 cm³/mol. The molecule has 22 heavy (non-hydrogen) atoms. The Labute approximate surface area is 128 Å². The van der Waals surface area contributed by atoms with Crippen molar-refractivity contribution in [1.29, 1.82) is 0 Å². The van der Waals surface area contributed by atoms with Crippen LogP contribution in [0.2, 0.25) is 0 Å².